The van der Waals surface area contributed by atoms with E-state index in [0.29, 0.717) is 51.5 Å². The average molecular weight is 449 g/mol. The molecule has 2 aromatic heterocycles. The van der Waals surface area contributed by atoms with Crippen LogP contribution in [-0.2, 0) is 11.8 Å². The Balaban J connectivity index is 1.53. The van der Waals surface area contributed by atoms with Gasteiger partial charge in [-0.1, -0.05) is 35.3 Å². The van der Waals surface area contributed by atoms with Crippen molar-refractivity contribution in [3.63, 3.8) is 0 Å². The quantitative estimate of drug-likeness (QED) is 0.624. The van der Waals surface area contributed by atoms with Crippen molar-refractivity contribution in [3.8, 4) is 11.3 Å². The summed E-state index contributed by atoms with van der Waals surface area (Å²) in [7, 11) is 1.73. The molecule has 1 atom stereocenters. The molecule has 2 aliphatic rings. The zero-order chi connectivity index (χ0) is 21.0. The lowest BCUT2D eigenvalue weighted by molar-refractivity contribution is 0.131. The van der Waals surface area contributed by atoms with Gasteiger partial charge in [-0.25, -0.2) is 0 Å². The van der Waals surface area contributed by atoms with Crippen LogP contribution in [0.25, 0.3) is 22.3 Å². The zero-order valence-corrected chi connectivity index (χ0v) is 18.0. The summed E-state index contributed by atoms with van der Waals surface area (Å²) in [5.41, 5.74) is 7.63. The van der Waals surface area contributed by atoms with Gasteiger partial charge in [-0.15, -0.1) is 0 Å². The summed E-state index contributed by atoms with van der Waals surface area (Å²) in [6, 6.07) is 5.34. The highest BCUT2D eigenvalue weighted by Crippen LogP contribution is 2.39. The molecule has 8 nitrogen and oxygen atoms in total. The molecule has 2 aliphatic heterocycles. The highest BCUT2D eigenvalue weighted by Gasteiger charge is 2.44. The first-order valence-corrected chi connectivity index (χ1v) is 10.6. The monoisotopic (exact) mass is 448 g/mol. The molecule has 1 spiro atoms. The number of aromatic nitrogens is 4. The lowest BCUT2D eigenvalue weighted by atomic mass is 9.75. The number of H-pyrrole nitrogens is 1. The minimum absolute atomic E-state index is 0.0301. The third-order valence-corrected chi connectivity index (χ3v) is 7.33. The van der Waals surface area contributed by atoms with Crippen LogP contribution in [0.3, 0.4) is 0 Å². The molecule has 0 bridgehead atoms. The molecule has 0 radical (unpaired) electrons. The number of nitrogens with two attached hydrogens (primary N) is 1. The first kappa shape index (κ1) is 19.8. The SMILES string of the molecule is Cn1c(N2CCC3(CC2)COCC3N)nc2n[nH]c(-c3cccc(Cl)c3Cl)c2c1=O. The van der Waals surface area contributed by atoms with Crippen LogP contribution in [0.5, 0.6) is 0 Å². The fraction of sp³-hybridized carbons (Fsp3) is 0.450. The number of nitrogens with zero attached hydrogens (tertiary/aromatic N) is 4. The summed E-state index contributed by atoms with van der Waals surface area (Å²) in [5, 5.41) is 8.38. The maximum atomic E-state index is 13.3. The van der Waals surface area contributed by atoms with Gasteiger partial charge in [0.25, 0.3) is 5.56 Å². The van der Waals surface area contributed by atoms with Crippen LogP contribution in [0.4, 0.5) is 5.95 Å². The Morgan fingerprint density at radius 3 is 2.77 bits per heavy atom. The van der Waals surface area contributed by atoms with Gasteiger partial charge in [0.1, 0.15) is 5.39 Å². The molecule has 2 fully saturated rings. The van der Waals surface area contributed by atoms with E-state index in [1.54, 1.807) is 29.8 Å². The molecule has 3 N–H and O–H groups in total. The summed E-state index contributed by atoms with van der Waals surface area (Å²) in [4.78, 5) is 20.1. The molecule has 1 aromatic carbocycles. The summed E-state index contributed by atoms with van der Waals surface area (Å²) < 4.78 is 7.18. The van der Waals surface area contributed by atoms with Crippen LogP contribution in [0, 0.1) is 5.41 Å². The molecule has 5 rings (SSSR count). The van der Waals surface area contributed by atoms with Crippen molar-refractivity contribution in [2.75, 3.05) is 31.2 Å². The number of aromatic amines is 1. The first-order valence-electron chi connectivity index (χ1n) is 9.89. The van der Waals surface area contributed by atoms with Gasteiger partial charge in [0, 0.05) is 37.2 Å². The van der Waals surface area contributed by atoms with Gasteiger partial charge in [0.05, 0.1) is 29.0 Å². The molecule has 0 saturated carbocycles. The number of anilines is 1. The van der Waals surface area contributed by atoms with E-state index < -0.39 is 0 Å². The van der Waals surface area contributed by atoms with Crippen LogP contribution in [0.2, 0.25) is 10.0 Å². The number of halogens is 2. The lowest BCUT2D eigenvalue weighted by Gasteiger charge is -2.41. The van der Waals surface area contributed by atoms with Crippen molar-refractivity contribution in [2.45, 2.75) is 18.9 Å². The van der Waals surface area contributed by atoms with E-state index in [2.05, 4.69) is 15.1 Å². The van der Waals surface area contributed by atoms with Gasteiger partial charge in [0.15, 0.2) is 5.65 Å². The minimum Gasteiger partial charge on any atom is -0.379 e. The lowest BCUT2D eigenvalue weighted by Crippen LogP contribution is -2.50. The predicted octanol–water partition coefficient (Wildman–Crippen LogP) is 2.57. The summed E-state index contributed by atoms with van der Waals surface area (Å²) in [6.07, 6.45) is 1.82. The Kier molecular flexibility index (Phi) is 4.77. The average Bonchev–Trinajstić information content (AvgIpc) is 3.32. The number of hydrogen-bond donors (Lipinski definition) is 2. The zero-order valence-electron chi connectivity index (χ0n) is 16.5. The fourth-order valence-corrected chi connectivity index (χ4v) is 4.95. The van der Waals surface area contributed by atoms with E-state index >= 15 is 0 Å². The summed E-state index contributed by atoms with van der Waals surface area (Å²) >= 11 is 12.5. The Labute approximate surface area is 182 Å². The molecule has 158 valence electrons. The molecule has 2 saturated heterocycles. The predicted molar refractivity (Wildman–Crippen MR) is 117 cm³/mol. The van der Waals surface area contributed by atoms with Crippen molar-refractivity contribution in [1.29, 1.82) is 0 Å². The maximum absolute atomic E-state index is 13.3. The Bertz CT molecular complexity index is 1180. The van der Waals surface area contributed by atoms with Gasteiger partial charge in [-0.2, -0.15) is 10.1 Å². The Hall–Kier alpha value is -2.13. The molecular formula is C20H22Cl2N6O2. The third kappa shape index (κ3) is 2.93. The maximum Gasteiger partial charge on any atom is 0.266 e. The smallest absolute Gasteiger partial charge is 0.266 e. The van der Waals surface area contributed by atoms with Crippen molar-refractivity contribution < 1.29 is 4.74 Å². The highest BCUT2D eigenvalue weighted by atomic mass is 35.5. The number of piperidine rings is 1. The fourth-order valence-electron chi connectivity index (χ4n) is 4.56. The molecule has 10 heteroatoms. The van der Waals surface area contributed by atoms with Crippen molar-refractivity contribution in [3.05, 3.63) is 38.6 Å². The topological polar surface area (TPSA) is 102 Å². The second-order valence-electron chi connectivity index (χ2n) is 8.15. The first-order chi connectivity index (χ1) is 14.4. The highest BCUT2D eigenvalue weighted by molar-refractivity contribution is 6.43. The molecule has 0 amide bonds. The van der Waals surface area contributed by atoms with Crippen LogP contribution < -0.4 is 16.2 Å². The van der Waals surface area contributed by atoms with Gasteiger partial charge in [-0.3, -0.25) is 14.5 Å². The number of ether oxygens (including phenoxy) is 1. The van der Waals surface area contributed by atoms with Gasteiger partial charge < -0.3 is 15.4 Å². The number of nitrogens with one attached hydrogen (secondary N) is 1. The van der Waals surface area contributed by atoms with Crippen molar-refractivity contribution >= 4 is 40.2 Å². The molecule has 4 heterocycles. The largest absolute Gasteiger partial charge is 0.379 e. The van der Waals surface area contributed by atoms with Crippen LogP contribution in [0.15, 0.2) is 23.0 Å². The molecule has 3 aromatic rings. The number of hydrogen-bond acceptors (Lipinski definition) is 6. The van der Waals surface area contributed by atoms with Gasteiger partial charge >= 0.3 is 0 Å². The van der Waals surface area contributed by atoms with E-state index in [-0.39, 0.29) is 17.0 Å². The van der Waals surface area contributed by atoms with Gasteiger partial charge in [0.2, 0.25) is 5.95 Å². The summed E-state index contributed by atoms with van der Waals surface area (Å²) in [5.74, 6) is 0.602. The molecule has 0 aliphatic carbocycles. The molecule has 1 unspecified atom stereocenters. The van der Waals surface area contributed by atoms with Crippen molar-refractivity contribution in [1.82, 2.24) is 19.7 Å². The Morgan fingerprint density at radius 1 is 1.30 bits per heavy atom. The minimum atomic E-state index is -0.184. The molecular weight excluding hydrogens is 427 g/mol. The second-order valence-corrected chi connectivity index (χ2v) is 8.93. The second kappa shape index (κ2) is 7.23. The standard InChI is InChI=1S/C20H22Cl2N6O2/c1-27-18(29)14-16(11-3-2-4-12(21)15(11)22)25-26-17(14)24-19(27)28-7-5-20(6-8-28)10-30-9-13(20)23/h2-4,13H,5-10,23H2,1H3,(H,25,26). The van der Waals surface area contributed by atoms with E-state index in [4.69, 9.17) is 38.7 Å². The van der Waals surface area contributed by atoms with Crippen LogP contribution >= 0.6 is 23.2 Å². The molecule has 30 heavy (non-hydrogen) atoms. The van der Waals surface area contributed by atoms with E-state index in [1.165, 1.54) is 0 Å². The Morgan fingerprint density at radius 2 is 2.07 bits per heavy atom. The van der Waals surface area contributed by atoms with Gasteiger partial charge in [-0.05, 0) is 18.9 Å². The van der Waals surface area contributed by atoms with Crippen LogP contribution in [0.1, 0.15) is 12.8 Å². The number of fused-ring (bicyclic) bond motifs is 1. The summed E-state index contributed by atoms with van der Waals surface area (Å²) in [6.45, 7) is 2.85. The number of benzene rings is 1. The normalized spacial score (nSPS) is 21.1. The van der Waals surface area contributed by atoms with Crippen molar-refractivity contribution in [2.24, 2.45) is 18.2 Å². The van der Waals surface area contributed by atoms with E-state index in [9.17, 15) is 4.79 Å². The third-order valence-electron chi connectivity index (χ3n) is 6.51. The van der Waals surface area contributed by atoms with Crippen LogP contribution in [-0.4, -0.2) is 52.1 Å². The number of rotatable bonds is 2. The van der Waals surface area contributed by atoms with E-state index in [0.717, 1.165) is 25.9 Å². The van der Waals surface area contributed by atoms with E-state index in [1.807, 2.05) is 0 Å².